The number of carbonyl (C=O) groups is 2. The van der Waals surface area contributed by atoms with Crippen molar-refractivity contribution in [3.05, 3.63) is 119 Å². The molecule has 12 nitrogen and oxygen atoms in total. The molecule has 372 valence electrons. The number of aryl methyl sites for hydroxylation is 4. The number of unbranched alkanes of at least 4 members (excludes halogenated alkanes) is 8. The average Bonchev–Trinajstić information content (AvgIpc) is 3.33. The molecule has 4 aromatic rings. The maximum atomic E-state index is 13.0. The fourth-order valence-electron chi connectivity index (χ4n) is 8.38. The van der Waals surface area contributed by atoms with Crippen LogP contribution in [0.2, 0.25) is 0 Å². The first-order valence-corrected chi connectivity index (χ1v) is 26.4. The van der Waals surface area contributed by atoms with Gasteiger partial charge in [0.15, 0.2) is 12.4 Å². The van der Waals surface area contributed by atoms with Crippen LogP contribution in [0.4, 0.5) is 0 Å². The van der Waals surface area contributed by atoms with Gasteiger partial charge < -0.3 is 34.3 Å². The van der Waals surface area contributed by atoms with E-state index in [0.717, 1.165) is 51.4 Å². The maximum Gasteiger partial charge on any atom is 0.306 e. The number of ether oxygens (including phenoxy) is 4. The van der Waals surface area contributed by atoms with Crippen LogP contribution in [0.5, 0.6) is 0 Å². The molecular formula is C55H74O12S. The van der Waals surface area contributed by atoms with E-state index in [2.05, 4.69) is 111 Å². The molecule has 0 saturated carbocycles. The highest BCUT2D eigenvalue weighted by molar-refractivity contribution is 7.85. The van der Waals surface area contributed by atoms with E-state index in [0.29, 0.717) is 12.8 Å². The van der Waals surface area contributed by atoms with Crippen LogP contribution >= 0.6 is 0 Å². The van der Waals surface area contributed by atoms with Crippen LogP contribution in [0.25, 0.3) is 22.3 Å². The summed E-state index contributed by atoms with van der Waals surface area (Å²) in [6, 6.07) is 34.7. The molecule has 0 bridgehead atoms. The van der Waals surface area contributed by atoms with Crippen molar-refractivity contribution in [2.24, 2.45) is 0 Å². The zero-order valence-corrected chi connectivity index (χ0v) is 40.8. The summed E-state index contributed by atoms with van der Waals surface area (Å²) in [7, 11) is -4.63. The molecule has 6 atom stereocenters. The molecule has 1 aliphatic heterocycles. The molecular weight excluding hydrogens is 885 g/mol. The summed E-state index contributed by atoms with van der Waals surface area (Å²) in [5, 5.41) is 31.2. The largest absolute Gasteiger partial charge is 0.462 e. The van der Waals surface area contributed by atoms with Crippen LogP contribution in [-0.2, 0) is 64.3 Å². The molecule has 1 heterocycles. The second-order valence-corrected chi connectivity index (χ2v) is 19.7. The van der Waals surface area contributed by atoms with Gasteiger partial charge in [-0.1, -0.05) is 149 Å². The quantitative estimate of drug-likeness (QED) is 0.0221. The molecule has 4 N–H and O–H groups in total. The Balaban J connectivity index is 1.05. The Morgan fingerprint density at radius 2 is 0.926 bits per heavy atom. The third-order valence-corrected chi connectivity index (χ3v) is 13.3. The van der Waals surface area contributed by atoms with Crippen molar-refractivity contribution in [3.63, 3.8) is 0 Å². The number of aliphatic hydroxyl groups is 3. The molecule has 13 heteroatoms. The first kappa shape index (κ1) is 54.5. The maximum absolute atomic E-state index is 13.0. The third-order valence-electron chi connectivity index (χ3n) is 12.5. The minimum atomic E-state index is -4.63. The number of hydrogen-bond acceptors (Lipinski definition) is 11. The van der Waals surface area contributed by atoms with E-state index in [1.807, 2.05) is 0 Å². The van der Waals surface area contributed by atoms with Gasteiger partial charge in [-0.2, -0.15) is 8.42 Å². The fraction of sp³-hybridized carbons (Fsp3) is 0.527. The highest BCUT2D eigenvalue weighted by Gasteiger charge is 2.46. The Morgan fingerprint density at radius 3 is 1.32 bits per heavy atom. The van der Waals surface area contributed by atoms with Gasteiger partial charge in [0.1, 0.15) is 36.8 Å². The lowest BCUT2D eigenvalue weighted by molar-refractivity contribution is -0.297. The van der Waals surface area contributed by atoms with Crippen molar-refractivity contribution < 1.29 is 56.8 Å². The standard InChI is InChI=1S/C55H74O12S/c1-3-5-9-15-40-21-29-44(30-22-40)46-33-25-42(26-34-46)17-11-7-13-19-50(56)64-37-48(38-65-55-54(60)53(59)52(58)49(67-55)39-68(61,62)63)66-51(57)20-14-8-12-18-43-27-35-47(36-28-43)45-31-23-41(24-32-45)16-10-6-4-2/h21-36,48-49,52-55,58-60H,3-20,37-39H2,1-2H3,(H,61,62,63)/t48-,49+,52+,53-,54+,55-/m0/s1. The van der Waals surface area contributed by atoms with Crippen molar-refractivity contribution in [3.8, 4) is 22.3 Å². The van der Waals surface area contributed by atoms with Crippen molar-refractivity contribution in [1.82, 2.24) is 0 Å². The summed E-state index contributed by atoms with van der Waals surface area (Å²) >= 11 is 0. The van der Waals surface area contributed by atoms with Gasteiger partial charge in [-0.15, -0.1) is 0 Å². The molecule has 0 aromatic heterocycles. The number of esters is 2. The third kappa shape index (κ3) is 19.1. The van der Waals surface area contributed by atoms with E-state index in [4.69, 9.17) is 18.9 Å². The Kier molecular flexibility index (Phi) is 23.1. The second-order valence-electron chi connectivity index (χ2n) is 18.2. The first-order chi connectivity index (χ1) is 32.8. The van der Waals surface area contributed by atoms with Crippen LogP contribution < -0.4 is 0 Å². The lowest BCUT2D eigenvalue weighted by Gasteiger charge is -2.40. The molecule has 1 aliphatic rings. The van der Waals surface area contributed by atoms with Gasteiger partial charge in [0.25, 0.3) is 10.1 Å². The van der Waals surface area contributed by atoms with Crippen LogP contribution in [0.15, 0.2) is 97.1 Å². The summed E-state index contributed by atoms with van der Waals surface area (Å²) in [6.07, 6.45) is 6.06. The lowest BCUT2D eigenvalue weighted by Crippen LogP contribution is -2.60. The molecule has 0 aliphatic carbocycles. The Morgan fingerprint density at radius 1 is 0.529 bits per heavy atom. The molecule has 1 saturated heterocycles. The number of aliphatic hydroxyl groups excluding tert-OH is 3. The summed E-state index contributed by atoms with van der Waals surface area (Å²) in [6.45, 7) is 3.61. The molecule has 68 heavy (non-hydrogen) atoms. The Hall–Kier alpha value is -4.47. The average molecular weight is 959 g/mol. The number of rotatable bonds is 30. The highest BCUT2D eigenvalue weighted by atomic mass is 32.2. The van der Waals surface area contributed by atoms with Gasteiger partial charge in [0.2, 0.25) is 0 Å². The molecule has 5 rings (SSSR count). The smallest absolute Gasteiger partial charge is 0.306 e. The van der Waals surface area contributed by atoms with E-state index >= 15 is 0 Å². The Labute approximate surface area is 404 Å². The summed E-state index contributed by atoms with van der Waals surface area (Å²) in [5.41, 5.74) is 9.87. The molecule has 0 spiro atoms. The zero-order chi connectivity index (χ0) is 48.7. The van der Waals surface area contributed by atoms with E-state index in [-0.39, 0.29) is 19.4 Å². The molecule has 0 radical (unpaired) electrons. The lowest BCUT2D eigenvalue weighted by atomic mass is 9.99. The Bertz CT molecular complexity index is 2180. The van der Waals surface area contributed by atoms with Gasteiger partial charge in [-0.3, -0.25) is 14.1 Å². The topological polar surface area (TPSA) is 186 Å². The molecule has 0 amide bonds. The predicted octanol–water partition coefficient (Wildman–Crippen LogP) is 9.56. The van der Waals surface area contributed by atoms with Crippen LogP contribution in [-0.4, -0.2) is 96.0 Å². The number of benzene rings is 4. The second kappa shape index (κ2) is 28.9. The minimum Gasteiger partial charge on any atom is -0.462 e. The predicted molar refractivity (Wildman–Crippen MR) is 264 cm³/mol. The van der Waals surface area contributed by atoms with Crippen LogP contribution in [0.3, 0.4) is 0 Å². The molecule has 0 unspecified atom stereocenters. The van der Waals surface area contributed by atoms with Gasteiger partial charge in [0, 0.05) is 12.8 Å². The summed E-state index contributed by atoms with van der Waals surface area (Å²) in [4.78, 5) is 25.9. The van der Waals surface area contributed by atoms with Crippen LogP contribution in [0, 0.1) is 0 Å². The molecule has 4 aromatic carbocycles. The summed E-state index contributed by atoms with van der Waals surface area (Å²) < 4.78 is 54.5. The summed E-state index contributed by atoms with van der Waals surface area (Å²) in [5.74, 6) is -2.10. The van der Waals surface area contributed by atoms with E-state index < -0.39 is 71.2 Å². The van der Waals surface area contributed by atoms with Crippen molar-refractivity contribution >= 4 is 22.1 Å². The zero-order valence-electron chi connectivity index (χ0n) is 40.0. The van der Waals surface area contributed by atoms with E-state index in [1.165, 1.54) is 83.0 Å². The minimum absolute atomic E-state index is 0.0940. The van der Waals surface area contributed by atoms with Crippen molar-refractivity contribution in [2.75, 3.05) is 19.0 Å². The van der Waals surface area contributed by atoms with Gasteiger partial charge in [0.05, 0.1) is 6.61 Å². The number of hydrogen-bond donors (Lipinski definition) is 4. The molecule has 1 fully saturated rings. The van der Waals surface area contributed by atoms with Crippen LogP contribution in [0.1, 0.15) is 126 Å². The van der Waals surface area contributed by atoms with E-state index in [1.54, 1.807) is 0 Å². The first-order valence-electron chi connectivity index (χ1n) is 24.8. The van der Waals surface area contributed by atoms with Gasteiger partial charge >= 0.3 is 11.9 Å². The fourth-order valence-corrected chi connectivity index (χ4v) is 9.08. The normalized spacial score (nSPS) is 18.8. The van der Waals surface area contributed by atoms with E-state index in [9.17, 15) is 37.9 Å². The van der Waals surface area contributed by atoms with Gasteiger partial charge in [-0.05, 0) is 109 Å². The monoisotopic (exact) mass is 958 g/mol. The SMILES string of the molecule is CCCCCc1ccc(-c2ccc(CCCCCC(=O)OC[C@@H](CO[C@H]3O[C@H](CS(=O)(=O)O)[C@@H](O)[C@H](O)[C@H]3O)OC(=O)CCCCCc3ccc(-c4ccc(CCCCC)cc4)cc3)cc2)cc1. The van der Waals surface area contributed by atoms with Crippen molar-refractivity contribution in [2.45, 2.75) is 166 Å². The number of carbonyl (C=O) groups excluding carboxylic acids is 2. The van der Waals surface area contributed by atoms with Gasteiger partial charge in [-0.25, -0.2) is 0 Å². The van der Waals surface area contributed by atoms with Crippen molar-refractivity contribution in [1.29, 1.82) is 0 Å². The highest BCUT2D eigenvalue weighted by Crippen LogP contribution is 2.26.